The third-order valence-electron chi connectivity index (χ3n) is 3.94. The molecule has 0 aliphatic rings. The molecule has 4 aromatic rings. The zero-order chi connectivity index (χ0) is 18.9. The average molecular weight is 375 g/mol. The van der Waals surface area contributed by atoms with E-state index < -0.39 is 10.0 Å². The lowest BCUT2D eigenvalue weighted by Gasteiger charge is -2.10. The molecule has 0 radical (unpaired) electrons. The molecule has 7 nitrogen and oxygen atoms in total. The Kier molecular flexibility index (Phi) is 4.06. The van der Waals surface area contributed by atoms with Crippen molar-refractivity contribution in [3.63, 3.8) is 0 Å². The molecule has 132 valence electrons. The number of nitrogens with zero attached hydrogens (tertiary/aromatic N) is 4. The summed E-state index contributed by atoms with van der Waals surface area (Å²) in [5.41, 5.74) is 1.89. The fraction of sp³-hybridized carbons (Fsp3) is 0. The maximum atomic E-state index is 12.7. The highest BCUT2D eigenvalue weighted by Gasteiger charge is 2.18. The van der Waals surface area contributed by atoms with Crippen LogP contribution in [0.25, 0.3) is 17.0 Å². The van der Waals surface area contributed by atoms with Crippen molar-refractivity contribution in [2.24, 2.45) is 0 Å². The van der Waals surface area contributed by atoms with Gasteiger partial charge in [0, 0.05) is 29.8 Å². The summed E-state index contributed by atoms with van der Waals surface area (Å²) >= 11 is 0. The Hall–Kier alpha value is -3.70. The molecule has 4 rings (SSSR count). The first-order valence-corrected chi connectivity index (χ1v) is 9.47. The molecule has 0 saturated heterocycles. The van der Waals surface area contributed by atoms with Crippen molar-refractivity contribution >= 4 is 21.5 Å². The van der Waals surface area contributed by atoms with Crippen LogP contribution >= 0.6 is 0 Å². The van der Waals surface area contributed by atoms with Gasteiger partial charge in [-0.3, -0.25) is 9.12 Å². The van der Waals surface area contributed by atoms with Gasteiger partial charge in [-0.15, -0.1) is 0 Å². The molecule has 0 saturated carbocycles. The van der Waals surface area contributed by atoms with Crippen LogP contribution < -0.4 is 4.72 Å². The van der Waals surface area contributed by atoms with E-state index in [2.05, 4.69) is 14.7 Å². The third-order valence-corrected chi connectivity index (χ3v) is 5.38. The molecule has 8 heteroatoms. The number of fused-ring (bicyclic) bond motifs is 1. The molecule has 2 heterocycles. The Morgan fingerprint density at radius 3 is 2.74 bits per heavy atom. The molecule has 1 N–H and O–H groups in total. The van der Waals surface area contributed by atoms with Gasteiger partial charge in [0.25, 0.3) is 10.0 Å². The Labute approximate surface area is 155 Å². The van der Waals surface area contributed by atoms with Crippen LogP contribution in [0, 0.1) is 11.3 Å². The lowest BCUT2D eigenvalue weighted by molar-refractivity contribution is 0.601. The molecule has 0 atom stereocenters. The summed E-state index contributed by atoms with van der Waals surface area (Å²) in [5.74, 6) is 0.557. The number of imidazole rings is 1. The van der Waals surface area contributed by atoms with Gasteiger partial charge < -0.3 is 0 Å². The number of anilines is 1. The molecule has 0 bridgehead atoms. The summed E-state index contributed by atoms with van der Waals surface area (Å²) in [5, 5.41) is 9.15. The minimum absolute atomic E-state index is 0.0603. The van der Waals surface area contributed by atoms with Gasteiger partial charge in [0.15, 0.2) is 0 Å². The van der Waals surface area contributed by atoms with Gasteiger partial charge in [-0.2, -0.15) is 5.26 Å². The molecule has 27 heavy (non-hydrogen) atoms. The van der Waals surface area contributed by atoms with E-state index in [0.29, 0.717) is 17.2 Å². The minimum Gasteiger partial charge on any atom is -0.291 e. The van der Waals surface area contributed by atoms with Crippen molar-refractivity contribution < 1.29 is 8.42 Å². The van der Waals surface area contributed by atoms with Crippen molar-refractivity contribution in [3.8, 4) is 17.3 Å². The summed E-state index contributed by atoms with van der Waals surface area (Å²) in [6, 6.07) is 16.7. The van der Waals surface area contributed by atoms with Crippen molar-refractivity contribution in [2.75, 3.05) is 4.72 Å². The largest absolute Gasteiger partial charge is 0.291 e. The van der Waals surface area contributed by atoms with E-state index in [-0.39, 0.29) is 10.5 Å². The molecular formula is C19H13N5O2S. The molecular weight excluding hydrogens is 362 g/mol. The first-order chi connectivity index (χ1) is 13.1. The van der Waals surface area contributed by atoms with Crippen LogP contribution in [0.15, 0.2) is 78.1 Å². The second kappa shape index (κ2) is 6.55. The number of aromatic nitrogens is 3. The van der Waals surface area contributed by atoms with Gasteiger partial charge in [-0.25, -0.2) is 18.4 Å². The van der Waals surface area contributed by atoms with Crippen LogP contribution in [0.2, 0.25) is 0 Å². The Bertz CT molecular complexity index is 1260. The zero-order valence-electron chi connectivity index (χ0n) is 13.9. The predicted octanol–water partition coefficient (Wildman–Crippen LogP) is 3.07. The maximum Gasteiger partial charge on any atom is 0.263 e. The molecule has 0 aliphatic heterocycles. The van der Waals surface area contributed by atoms with E-state index in [9.17, 15) is 8.42 Å². The van der Waals surface area contributed by atoms with Gasteiger partial charge in [0.1, 0.15) is 11.0 Å². The SMILES string of the molecule is N#Cc1ccccc1S(=O)(=O)Nc1cccc(-c2cn3cccnc3n2)c1. The predicted molar refractivity (Wildman–Crippen MR) is 100 cm³/mol. The van der Waals surface area contributed by atoms with E-state index in [4.69, 9.17) is 5.26 Å². The Morgan fingerprint density at radius 1 is 1.07 bits per heavy atom. The number of hydrogen-bond donors (Lipinski definition) is 1. The van der Waals surface area contributed by atoms with E-state index in [1.54, 1.807) is 47.0 Å². The summed E-state index contributed by atoms with van der Waals surface area (Å²) in [6.45, 7) is 0. The first kappa shape index (κ1) is 16.8. The summed E-state index contributed by atoms with van der Waals surface area (Å²) in [6.07, 6.45) is 5.31. The third kappa shape index (κ3) is 3.23. The number of benzene rings is 2. The zero-order valence-corrected chi connectivity index (χ0v) is 14.8. The fourth-order valence-corrected chi connectivity index (χ4v) is 3.92. The minimum atomic E-state index is -3.89. The highest BCUT2D eigenvalue weighted by Crippen LogP contribution is 2.24. The van der Waals surface area contributed by atoms with Crippen molar-refractivity contribution in [1.29, 1.82) is 5.26 Å². The monoisotopic (exact) mass is 375 g/mol. The van der Waals surface area contributed by atoms with E-state index >= 15 is 0 Å². The highest BCUT2D eigenvalue weighted by atomic mass is 32.2. The molecule has 2 aromatic heterocycles. The lowest BCUT2D eigenvalue weighted by Crippen LogP contribution is -2.14. The molecule has 2 aromatic carbocycles. The van der Waals surface area contributed by atoms with Crippen LogP contribution in [0.5, 0.6) is 0 Å². The second-order valence-corrected chi connectivity index (χ2v) is 7.40. The summed E-state index contributed by atoms with van der Waals surface area (Å²) in [4.78, 5) is 8.56. The van der Waals surface area contributed by atoms with Crippen LogP contribution in [0.4, 0.5) is 5.69 Å². The maximum absolute atomic E-state index is 12.7. The topological polar surface area (TPSA) is 100 Å². The summed E-state index contributed by atoms with van der Waals surface area (Å²) in [7, 11) is -3.89. The van der Waals surface area contributed by atoms with Gasteiger partial charge in [-0.05, 0) is 30.3 Å². The molecule has 0 amide bonds. The van der Waals surface area contributed by atoms with Gasteiger partial charge in [0.2, 0.25) is 5.78 Å². The van der Waals surface area contributed by atoms with Crippen LogP contribution in [0.3, 0.4) is 0 Å². The second-order valence-electron chi connectivity index (χ2n) is 5.75. The number of nitrogens with one attached hydrogen (secondary N) is 1. The average Bonchev–Trinajstić information content (AvgIpc) is 3.12. The van der Waals surface area contributed by atoms with Crippen LogP contribution in [-0.2, 0) is 10.0 Å². The van der Waals surface area contributed by atoms with E-state index in [1.165, 1.54) is 12.1 Å². The molecule has 0 fully saturated rings. The number of rotatable bonds is 4. The normalized spacial score (nSPS) is 11.2. The smallest absolute Gasteiger partial charge is 0.263 e. The fourth-order valence-electron chi connectivity index (χ4n) is 2.71. The number of hydrogen-bond acceptors (Lipinski definition) is 5. The molecule has 0 unspecified atom stereocenters. The van der Waals surface area contributed by atoms with Crippen LogP contribution in [-0.4, -0.2) is 22.8 Å². The first-order valence-electron chi connectivity index (χ1n) is 7.99. The number of nitriles is 1. The van der Waals surface area contributed by atoms with Gasteiger partial charge in [-0.1, -0.05) is 24.3 Å². The standard InChI is InChI=1S/C19H13N5O2S/c20-12-15-5-1-2-8-18(15)27(25,26)23-16-7-3-6-14(11-16)17-13-24-10-4-9-21-19(24)22-17/h1-11,13,23H. The van der Waals surface area contributed by atoms with Crippen molar-refractivity contribution in [2.45, 2.75) is 4.90 Å². The van der Waals surface area contributed by atoms with Crippen LogP contribution in [0.1, 0.15) is 5.56 Å². The quantitative estimate of drug-likeness (QED) is 0.591. The molecule has 0 aliphatic carbocycles. The van der Waals surface area contributed by atoms with Gasteiger partial charge >= 0.3 is 0 Å². The van der Waals surface area contributed by atoms with E-state index in [1.807, 2.05) is 24.5 Å². The van der Waals surface area contributed by atoms with Gasteiger partial charge in [0.05, 0.1) is 11.3 Å². The number of sulfonamides is 1. The lowest BCUT2D eigenvalue weighted by atomic mass is 10.1. The van der Waals surface area contributed by atoms with E-state index in [0.717, 1.165) is 5.56 Å². The van der Waals surface area contributed by atoms with Crippen molar-refractivity contribution in [1.82, 2.24) is 14.4 Å². The van der Waals surface area contributed by atoms with Crippen molar-refractivity contribution in [3.05, 3.63) is 78.8 Å². The highest BCUT2D eigenvalue weighted by molar-refractivity contribution is 7.92. The Morgan fingerprint density at radius 2 is 1.93 bits per heavy atom. The summed E-state index contributed by atoms with van der Waals surface area (Å²) < 4.78 is 29.7. The molecule has 0 spiro atoms. The Balaban J connectivity index is 1.70.